The van der Waals surface area contributed by atoms with Crippen LogP contribution in [0, 0.1) is 0 Å². The summed E-state index contributed by atoms with van der Waals surface area (Å²) in [6, 6.07) is 0. The van der Waals surface area contributed by atoms with E-state index >= 15 is 0 Å². The van der Waals surface area contributed by atoms with Crippen LogP contribution in [0.25, 0.3) is 0 Å². The van der Waals surface area contributed by atoms with Crippen molar-refractivity contribution in [3.05, 3.63) is 12.3 Å². The summed E-state index contributed by atoms with van der Waals surface area (Å²) in [6.45, 7) is 3.33. The monoisotopic (exact) mass is 143 g/mol. The summed E-state index contributed by atoms with van der Waals surface area (Å²) >= 11 is 0. The number of hydrogen-bond donors (Lipinski definition) is 2. The van der Waals surface area contributed by atoms with Gasteiger partial charge in [0.25, 0.3) is 0 Å². The van der Waals surface area contributed by atoms with Crippen molar-refractivity contribution < 1.29 is 9.59 Å². The molecule has 0 aliphatic heterocycles. The van der Waals surface area contributed by atoms with E-state index in [1.165, 1.54) is 0 Å². The van der Waals surface area contributed by atoms with Crippen LogP contribution in [-0.2, 0) is 9.59 Å². The van der Waals surface area contributed by atoms with Crippen molar-refractivity contribution in [2.45, 2.75) is 0 Å². The lowest BCUT2D eigenvalue weighted by molar-refractivity contribution is -0.110. The van der Waals surface area contributed by atoms with Crippen molar-refractivity contribution in [3.63, 3.8) is 0 Å². The standard InChI is InChI=1S/C5H9N3O2/c1-5(4-10)8(7-6)2-3-9/h3-4,7H,1-2,6H2. The molecule has 0 heterocycles. The van der Waals surface area contributed by atoms with Gasteiger partial charge in [-0.15, -0.1) is 0 Å². The Balaban J connectivity index is 3.91. The Hall–Kier alpha value is -1.20. The molecule has 0 saturated carbocycles. The molecule has 0 saturated heterocycles. The SMILES string of the molecule is C=C(C=O)N(CC=O)NN. The molecule has 5 heteroatoms. The summed E-state index contributed by atoms with van der Waals surface area (Å²) in [4.78, 5) is 19.9. The highest BCUT2D eigenvalue weighted by Gasteiger charge is 2.01. The molecule has 56 valence electrons. The van der Waals surface area contributed by atoms with Crippen LogP contribution in [0.5, 0.6) is 0 Å². The predicted octanol–water partition coefficient (Wildman–Crippen LogP) is -1.42. The van der Waals surface area contributed by atoms with Gasteiger partial charge in [-0.3, -0.25) is 15.6 Å². The van der Waals surface area contributed by atoms with Gasteiger partial charge < -0.3 is 4.79 Å². The van der Waals surface area contributed by atoms with Gasteiger partial charge in [0.15, 0.2) is 6.29 Å². The Morgan fingerprint density at radius 1 is 1.70 bits per heavy atom. The van der Waals surface area contributed by atoms with E-state index in [2.05, 4.69) is 12.1 Å². The molecule has 0 spiro atoms. The Labute approximate surface area is 58.4 Å². The number of carbonyl (C=O) groups is 2. The third-order valence-corrected chi connectivity index (χ3v) is 0.896. The molecule has 10 heavy (non-hydrogen) atoms. The molecule has 0 amide bonds. The van der Waals surface area contributed by atoms with Crippen LogP contribution in [0.3, 0.4) is 0 Å². The molecule has 0 aromatic carbocycles. The summed E-state index contributed by atoms with van der Waals surface area (Å²) in [7, 11) is 0. The zero-order valence-electron chi connectivity index (χ0n) is 5.41. The van der Waals surface area contributed by atoms with E-state index < -0.39 is 0 Å². The third kappa shape index (κ3) is 2.38. The van der Waals surface area contributed by atoms with Crippen LogP contribution < -0.4 is 11.4 Å². The van der Waals surface area contributed by atoms with Gasteiger partial charge in [-0.05, 0) is 0 Å². The minimum absolute atomic E-state index is 0.00801. The largest absolute Gasteiger partial charge is 0.301 e. The number of hydrazine groups is 2. The molecule has 0 bridgehead atoms. The molecule has 0 aromatic heterocycles. The van der Waals surface area contributed by atoms with Crippen LogP contribution >= 0.6 is 0 Å². The molecule has 0 unspecified atom stereocenters. The van der Waals surface area contributed by atoms with Crippen molar-refractivity contribution in [1.82, 2.24) is 10.5 Å². The highest BCUT2D eigenvalue weighted by Crippen LogP contribution is 1.88. The number of rotatable bonds is 5. The third-order valence-electron chi connectivity index (χ3n) is 0.896. The molecule has 0 rings (SSSR count). The maximum atomic E-state index is 10.0. The molecule has 0 aliphatic carbocycles. The van der Waals surface area contributed by atoms with Gasteiger partial charge in [0.05, 0.1) is 12.2 Å². The van der Waals surface area contributed by atoms with E-state index in [9.17, 15) is 9.59 Å². The van der Waals surface area contributed by atoms with Crippen molar-refractivity contribution >= 4 is 12.6 Å². The first-order valence-corrected chi connectivity index (χ1v) is 2.57. The fourth-order valence-corrected chi connectivity index (χ4v) is 0.391. The maximum absolute atomic E-state index is 10.0. The first-order valence-electron chi connectivity index (χ1n) is 2.57. The lowest BCUT2D eigenvalue weighted by atomic mass is 10.5. The van der Waals surface area contributed by atoms with E-state index in [-0.39, 0.29) is 12.2 Å². The van der Waals surface area contributed by atoms with Crippen LogP contribution in [0.15, 0.2) is 12.3 Å². The molecule has 3 N–H and O–H groups in total. The summed E-state index contributed by atoms with van der Waals surface area (Å²) < 4.78 is 0. The average molecular weight is 143 g/mol. The Bertz CT molecular complexity index is 146. The van der Waals surface area contributed by atoms with Gasteiger partial charge in [0.1, 0.15) is 6.29 Å². The second-order valence-electron chi connectivity index (χ2n) is 1.52. The van der Waals surface area contributed by atoms with Crippen LogP contribution in [0.1, 0.15) is 0 Å². The summed E-state index contributed by atoms with van der Waals surface area (Å²) in [5, 5.41) is 1.12. The second-order valence-corrected chi connectivity index (χ2v) is 1.52. The lowest BCUT2D eigenvalue weighted by Crippen LogP contribution is -2.43. The molecular weight excluding hydrogens is 134 g/mol. The fourth-order valence-electron chi connectivity index (χ4n) is 0.391. The topological polar surface area (TPSA) is 75.4 Å². The zero-order chi connectivity index (χ0) is 7.98. The smallest absolute Gasteiger partial charge is 0.166 e. The van der Waals surface area contributed by atoms with E-state index in [4.69, 9.17) is 5.84 Å². The predicted molar refractivity (Wildman–Crippen MR) is 35.3 cm³/mol. The van der Waals surface area contributed by atoms with Crippen molar-refractivity contribution in [2.75, 3.05) is 6.54 Å². The van der Waals surface area contributed by atoms with Crippen LogP contribution in [0.4, 0.5) is 0 Å². The van der Waals surface area contributed by atoms with E-state index in [0.29, 0.717) is 12.6 Å². The van der Waals surface area contributed by atoms with Crippen molar-refractivity contribution in [2.24, 2.45) is 5.84 Å². The average Bonchev–Trinajstić information content (AvgIpc) is 1.99. The summed E-state index contributed by atoms with van der Waals surface area (Å²) in [5.41, 5.74) is 2.24. The molecular formula is C5H9N3O2. The zero-order valence-corrected chi connectivity index (χ0v) is 5.41. The molecule has 0 atom stereocenters. The van der Waals surface area contributed by atoms with E-state index in [1.807, 2.05) is 0 Å². The van der Waals surface area contributed by atoms with Gasteiger partial charge >= 0.3 is 0 Å². The summed E-state index contributed by atoms with van der Waals surface area (Å²) in [6.07, 6.45) is 1.11. The van der Waals surface area contributed by atoms with E-state index in [1.54, 1.807) is 0 Å². The van der Waals surface area contributed by atoms with Crippen molar-refractivity contribution in [1.29, 1.82) is 0 Å². The highest BCUT2D eigenvalue weighted by molar-refractivity contribution is 5.71. The minimum Gasteiger partial charge on any atom is -0.301 e. The maximum Gasteiger partial charge on any atom is 0.166 e. The molecule has 0 radical (unpaired) electrons. The molecule has 0 fully saturated rings. The Morgan fingerprint density at radius 2 is 2.30 bits per heavy atom. The first kappa shape index (κ1) is 8.80. The number of nitrogens with two attached hydrogens (primary N) is 1. The van der Waals surface area contributed by atoms with Crippen molar-refractivity contribution in [3.8, 4) is 0 Å². The first-order chi connectivity index (χ1) is 4.76. The lowest BCUT2D eigenvalue weighted by Gasteiger charge is -2.17. The Morgan fingerprint density at radius 3 is 2.60 bits per heavy atom. The second kappa shape index (κ2) is 4.66. The number of carbonyl (C=O) groups excluding carboxylic acids is 2. The van der Waals surface area contributed by atoms with Crippen LogP contribution in [-0.4, -0.2) is 24.1 Å². The summed E-state index contributed by atoms with van der Waals surface area (Å²) in [5.74, 6) is 4.93. The van der Waals surface area contributed by atoms with Crippen LogP contribution in [0.2, 0.25) is 0 Å². The van der Waals surface area contributed by atoms with Gasteiger partial charge in [0.2, 0.25) is 0 Å². The number of hydrogen-bond acceptors (Lipinski definition) is 5. The normalized spacial score (nSPS) is 8.50. The minimum atomic E-state index is 0.00801. The quantitative estimate of drug-likeness (QED) is 0.214. The van der Waals surface area contributed by atoms with Gasteiger partial charge in [0, 0.05) is 0 Å². The Kier molecular flexibility index (Phi) is 4.10. The molecule has 0 aromatic rings. The number of aldehydes is 2. The number of nitrogens with zero attached hydrogens (tertiary/aromatic N) is 1. The number of allylic oxidation sites excluding steroid dienone is 1. The highest BCUT2D eigenvalue weighted by atomic mass is 16.1. The number of nitrogens with one attached hydrogen (secondary N) is 1. The van der Waals surface area contributed by atoms with Gasteiger partial charge in [-0.2, -0.15) is 5.53 Å². The van der Waals surface area contributed by atoms with Gasteiger partial charge in [-0.1, -0.05) is 6.58 Å². The fraction of sp³-hybridized carbons (Fsp3) is 0.200. The van der Waals surface area contributed by atoms with E-state index in [0.717, 1.165) is 5.01 Å². The molecule has 5 nitrogen and oxygen atoms in total. The molecule has 0 aliphatic rings. The van der Waals surface area contributed by atoms with Gasteiger partial charge in [-0.25, -0.2) is 0 Å².